The van der Waals surface area contributed by atoms with Crippen molar-refractivity contribution >= 4 is 11.9 Å². The first-order valence-corrected chi connectivity index (χ1v) is 15.3. The lowest BCUT2D eigenvalue weighted by molar-refractivity contribution is 0.0682. The van der Waals surface area contributed by atoms with Gasteiger partial charge in [0.1, 0.15) is 34.1 Å². The number of carboxylic acids is 2. The summed E-state index contributed by atoms with van der Waals surface area (Å²) in [4.78, 5) is 22.9. The molecule has 0 aromatic heterocycles. The number of aromatic hydroxyl groups is 2. The summed E-state index contributed by atoms with van der Waals surface area (Å²) in [5.74, 6) is -1.65. The van der Waals surface area contributed by atoms with E-state index in [2.05, 4.69) is 0 Å². The van der Waals surface area contributed by atoms with E-state index < -0.39 is 22.8 Å². The molecule has 4 aromatic rings. The second-order valence-electron chi connectivity index (χ2n) is 10.5. The maximum absolute atomic E-state index is 11.4. The molecule has 4 N–H and O–H groups in total. The lowest BCUT2D eigenvalue weighted by Gasteiger charge is -2.27. The number of rotatable bonds is 8. The lowest BCUT2D eigenvalue weighted by atomic mass is 9.77. The van der Waals surface area contributed by atoms with Crippen molar-refractivity contribution < 1.29 is 34.8 Å². The number of benzene rings is 4. The molecule has 0 atom stereocenters. The van der Waals surface area contributed by atoms with Gasteiger partial charge in [-0.05, 0) is 70.8 Å². The summed E-state index contributed by atoms with van der Waals surface area (Å²) in [6, 6.07) is 24.3. The van der Waals surface area contributed by atoms with Crippen LogP contribution in [0.5, 0.6) is 23.0 Å². The molecule has 4 aromatic carbocycles. The first-order chi connectivity index (χ1) is 21.3. The fraction of sp³-hybridized carbons (Fsp3) is 0.316. The average Bonchev–Trinajstić information content (AvgIpc) is 3.04. The van der Waals surface area contributed by atoms with Gasteiger partial charge in [0, 0.05) is 10.8 Å². The fourth-order valence-electron chi connectivity index (χ4n) is 4.54. The van der Waals surface area contributed by atoms with Gasteiger partial charge in [0.2, 0.25) is 0 Å². The minimum Gasteiger partial charge on any atom is -0.507 e. The molecule has 4 rings (SSSR count). The molecular formula is C38H48O7. The standard InChI is InChI=1S/C32H30O7.3C2H6/c1-31(2,21-9-15-27(33)25(17-21)29(35)36)19-5-11-23(12-6-19)39-24-13-7-20(8-14-24)32(3,4)22-10-16-28(34)26(18-22)30(37)38;3*1-2/h5-18,33-34H,1-4H3,(H,35,36)(H,37,38);3*1-2H3. The molecule has 7 nitrogen and oxygen atoms in total. The van der Waals surface area contributed by atoms with E-state index >= 15 is 0 Å². The second kappa shape index (κ2) is 16.9. The van der Waals surface area contributed by atoms with Gasteiger partial charge in [-0.2, -0.15) is 0 Å². The highest BCUT2D eigenvalue weighted by Gasteiger charge is 2.27. The highest BCUT2D eigenvalue weighted by molar-refractivity contribution is 5.91. The normalized spacial score (nSPS) is 10.5. The third kappa shape index (κ3) is 9.11. The Bertz CT molecular complexity index is 1420. The van der Waals surface area contributed by atoms with Crippen LogP contribution in [-0.2, 0) is 10.8 Å². The summed E-state index contributed by atoms with van der Waals surface area (Å²) in [6.07, 6.45) is 0. The molecule has 0 aliphatic carbocycles. The molecule has 0 saturated carbocycles. The zero-order chi connectivity index (χ0) is 34.5. The number of phenols is 2. The molecule has 0 bridgehead atoms. The molecule has 45 heavy (non-hydrogen) atoms. The van der Waals surface area contributed by atoms with Gasteiger partial charge in [-0.15, -0.1) is 0 Å². The van der Waals surface area contributed by atoms with Gasteiger partial charge in [-0.25, -0.2) is 9.59 Å². The molecule has 0 amide bonds. The minimum atomic E-state index is -1.18. The van der Waals surface area contributed by atoms with Crippen molar-refractivity contribution in [2.24, 2.45) is 0 Å². The van der Waals surface area contributed by atoms with Crippen molar-refractivity contribution in [2.75, 3.05) is 0 Å². The Morgan fingerprint density at radius 3 is 1.02 bits per heavy atom. The molecule has 0 saturated heterocycles. The van der Waals surface area contributed by atoms with E-state index in [4.69, 9.17) is 4.74 Å². The van der Waals surface area contributed by atoms with Gasteiger partial charge in [0.15, 0.2) is 0 Å². The van der Waals surface area contributed by atoms with Crippen LogP contribution in [0.25, 0.3) is 0 Å². The first-order valence-electron chi connectivity index (χ1n) is 15.3. The van der Waals surface area contributed by atoms with Crippen molar-refractivity contribution in [1.29, 1.82) is 0 Å². The highest BCUT2D eigenvalue weighted by atomic mass is 16.5. The first kappa shape index (κ1) is 38.2. The van der Waals surface area contributed by atoms with Crippen LogP contribution in [0.2, 0.25) is 0 Å². The van der Waals surface area contributed by atoms with E-state index in [-0.39, 0.29) is 22.6 Å². The van der Waals surface area contributed by atoms with Crippen LogP contribution in [0.3, 0.4) is 0 Å². The van der Waals surface area contributed by atoms with E-state index in [9.17, 15) is 30.0 Å². The number of carboxylic acid groups (broad SMARTS) is 2. The largest absolute Gasteiger partial charge is 0.507 e. The zero-order valence-electron chi connectivity index (χ0n) is 28.1. The molecule has 0 aliphatic rings. The van der Waals surface area contributed by atoms with Gasteiger partial charge in [-0.1, -0.05) is 106 Å². The van der Waals surface area contributed by atoms with E-state index in [0.717, 1.165) is 22.3 Å². The summed E-state index contributed by atoms with van der Waals surface area (Å²) >= 11 is 0. The van der Waals surface area contributed by atoms with Crippen LogP contribution >= 0.6 is 0 Å². The third-order valence-corrected chi connectivity index (χ3v) is 7.29. The van der Waals surface area contributed by atoms with Crippen molar-refractivity contribution in [3.05, 3.63) is 118 Å². The van der Waals surface area contributed by atoms with Crippen LogP contribution < -0.4 is 4.74 Å². The Kier molecular flexibility index (Phi) is 14.4. The molecule has 0 spiro atoms. The summed E-state index contributed by atoms with van der Waals surface area (Å²) < 4.78 is 6.04. The summed E-state index contributed by atoms with van der Waals surface area (Å²) in [5, 5.41) is 38.4. The van der Waals surface area contributed by atoms with Crippen molar-refractivity contribution in [1.82, 2.24) is 0 Å². The molecular weight excluding hydrogens is 568 g/mol. The predicted molar refractivity (Wildman–Crippen MR) is 181 cm³/mol. The van der Waals surface area contributed by atoms with E-state index in [1.165, 1.54) is 24.3 Å². The molecule has 0 heterocycles. The number of hydrogen-bond acceptors (Lipinski definition) is 5. The maximum atomic E-state index is 11.4. The second-order valence-corrected chi connectivity index (χ2v) is 10.5. The van der Waals surface area contributed by atoms with E-state index in [1.54, 1.807) is 12.1 Å². The maximum Gasteiger partial charge on any atom is 0.339 e. The molecule has 242 valence electrons. The molecule has 7 heteroatoms. The van der Waals surface area contributed by atoms with Crippen LogP contribution in [-0.4, -0.2) is 32.4 Å². The SMILES string of the molecule is CC.CC.CC.CC(C)(c1ccc(Oc2ccc(C(C)(C)c3ccc(O)c(C(=O)O)c3)cc2)cc1)c1ccc(O)c(C(=O)O)c1. The summed E-state index contributed by atoms with van der Waals surface area (Å²) in [5.41, 5.74) is 2.10. The van der Waals surface area contributed by atoms with Gasteiger partial charge in [0.05, 0.1) is 0 Å². The van der Waals surface area contributed by atoms with Crippen LogP contribution in [0.4, 0.5) is 0 Å². The third-order valence-electron chi connectivity index (χ3n) is 7.29. The Balaban J connectivity index is 0.00000159. The number of carbonyl (C=O) groups is 2. The predicted octanol–water partition coefficient (Wildman–Crippen LogP) is 10.0. The van der Waals surface area contributed by atoms with Crippen molar-refractivity contribution in [2.45, 2.75) is 80.1 Å². The molecule has 0 aliphatic heterocycles. The van der Waals surface area contributed by atoms with Gasteiger partial charge >= 0.3 is 11.9 Å². The number of aromatic carboxylic acids is 2. The fourth-order valence-corrected chi connectivity index (χ4v) is 4.54. The molecule has 0 fully saturated rings. The minimum absolute atomic E-state index is 0.139. The number of ether oxygens (including phenoxy) is 1. The topological polar surface area (TPSA) is 124 Å². The zero-order valence-corrected chi connectivity index (χ0v) is 28.1. The average molecular weight is 617 g/mol. The molecule has 0 unspecified atom stereocenters. The highest BCUT2D eigenvalue weighted by Crippen LogP contribution is 2.37. The van der Waals surface area contributed by atoms with Gasteiger partial charge in [0.25, 0.3) is 0 Å². The van der Waals surface area contributed by atoms with Gasteiger partial charge in [-0.3, -0.25) is 0 Å². The summed E-state index contributed by atoms with van der Waals surface area (Å²) in [7, 11) is 0. The summed E-state index contributed by atoms with van der Waals surface area (Å²) in [6.45, 7) is 19.9. The Labute approximate surface area is 267 Å². The Hall–Kier alpha value is -4.78. The van der Waals surface area contributed by atoms with Crippen molar-refractivity contribution in [3.8, 4) is 23.0 Å². The smallest absolute Gasteiger partial charge is 0.339 e. The van der Waals surface area contributed by atoms with Crippen LogP contribution in [0.15, 0.2) is 84.9 Å². The Morgan fingerprint density at radius 2 is 0.756 bits per heavy atom. The number of hydrogen-bond donors (Lipinski definition) is 4. The quantitative estimate of drug-likeness (QED) is 0.155. The van der Waals surface area contributed by atoms with Crippen LogP contribution in [0, 0.1) is 0 Å². The Morgan fingerprint density at radius 1 is 0.489 bits per heavy atom. The van der Waals surface area contributed by atoms with Crippen molar-refractivity contribution in [3.63, 3.8) is 0 Å². The lowest BCUT2D eigenvalue weighted by Crippen LogP contribution is -2.19. The van der Waals surface area contributed by atoms with E-state index in [0.29, 0.717) is 11.5 Å². The van der Waals surface area contributed by atoms with E-state index in [1.807, 2.05) is 118 Å². The van der Waals surface area contributed by atoms with Crippen LogP contribution in [0.1, 0.15) is 112 Å². The van der Waals surface area contributed by atoms with Gasteiger partial charge < -0.3 is 25.2 Å². The molecule has 0 radical (unpaired) electrons. The monoisotopic (exact) mass is 616 g/mol.